The van der Waals surface area contributed by atoms with Crippen LogP contribution in [0.15, 0.2) is 12.1 Å². The second-order valence-corrected chi connectivity index (χ2v) is 6.91. The van der Waals surface area contributed by atoms with Gasteiger partial charge in [-0.2, -0.15) is 0 Å². The number of anilines is 1. The SMILES string of the molecule is O=C1CCC(N2Cc3cc(N4CCCCC4)c(F)cc3C2=O)C(=O)N1. The Morgan fingerprint density at radius 1 is 1.08 bits per heavy atom. The number of nitrogens with zero attached hydrogens (tertiary/aromatic N) is 2. The van der Waals surface area contributed by atoms with Crippen molar-refractivity contribution in [3.05, 3.63) is 29.1 Å². The van der Waals surface area contributed by atoms with E-state index in [9.17, 15) is 18.8 Å². The van der Waals surface area contributed by atoms with Crippen LogP contribution in [0, 0.1) is 5.82 Å². The standard InChI is InChI=1S/C18H20FN3O3/c19-13-9-12-11(8-15(13)21-6-2-1-3-7-21)10-22(18(12)25)14-4-5-16(23)20-17(14)24/h8-9,14H,1-7,10H2,(H,20,23,24). The first-order chi connectivity index (χ1) is 12.0. The van der Waals surface area contributed by atoms with Crippen molar-refractivity contribution in [2.75, 3.05) is 18.0 Å². The summed E-state index contributed by atoms with van der Waals surface area (Å²) in [5.74, 6) is -1.49. The molecule has 3 heterocycles. The van der Waals surface area contributed by atoms with Crippen LogP contribution in [0.5, 0.6) is 0 Å². The van der Waals surface area contributed by atoms with E-state index in [1.54, 1.807) is 6.07 Å². The third-order valence-corrected chi connectivity index (χ3v) is 5.29. The summed E-state index contributed by atoms with van der Waals surface area (Å²) in [6.45, 7) is 1.92. The highest BCUT2D eigenvalue weighted by Crippen LogP contribution is 2.33. The molecule has 1 aromatic carbocycles. The molecule has 0 saturated carbocycles. The number of carbonyl (C=O) groups excluding carboxylic acids is 3. The number of imide groups is 1. The molecule has 1 unspecified atom stereocenters. The molecule has 132 valence electrons. The van der Waals surface area contributed by atoms with E-state index in [2.05, 4.69) is 5.32 Å². The number of hydrogen-bond donors (Lipinski definition) is 1. The predicted molar refractivity (Wildman–Crippen MR) is 88.5 cm³/mol. The fraction of sp³-hybridized carbons (Fsp3) is 0.500. The number of carbonyl (C=O) groups is 3. The Morgan fingerprint density at radius 2 is 1.84 bits per heavy atom. The average molecular weight is 345 g/mol. The molecule has 7 heteroatoms. The van der Waals surface area contributed by atoms with Crippen molar-refractivity contribution in [1.82, 2.24) is 10.2 Å². The minimum atomic E-state index is -0.668. The number of hydrogen-bond acceptors (Lipinski definition) is 4. The average Bonchev–Trinajstić information content (AvgIpc) is 2.91. The van der Waals surface area contributed by atoms with E-state index in [0.717, 1.165) is 37.9 Å². The number of piperidine rings is 2. The molecular weight excluding hydrogens is 325 g/mol. The predicted octanol–water partition coefficient (Wildman–Crippen LogP) is 1.58. The molecule has 0 radical (unpaired) electrons. The lowest BCUT2D eigenvalue weighted by Crippen LogP contribution is -2.52. The van der Waals surface area contributed by atoms with Crippen LogP contribution in [0.25, 0.3) is 0 Å². The Morgan fingerprint density at radius 3 is 2.56 bits per heavy atom. The first kappa shape index (κ1) is 16.1. The molecule has 0 bridgehead atoms. The van der Waals surface area contributed by atoms with Gasteiger partial charge in [-0.1, -0.05) is 0 Å². The third kappa shape index (κ3) is 2.77. The van der Waals surface area contributed by atoms with Crippen LogP contribution < -0.4 is 10.2 Å². The van der Waals surface area contributed by atoms with Gasteiger partial charge in [-0.15, -0.1) is 0 Å². The van der Waals surface area contributed by atoms with Gasteiger partial charge in [-0.05, 0) is 43.4 Å². The summed E-state index contributed by atoms with van der Waals surface area (Å²) < 4.78 is 14.6. The normalized spacial score (nSPS) is 23.7. The summed E-state index contributed by atoms with van der Waals surface area (Å²) in [7, 11) is 0. The fourth-order valence-electron chi connectivity index (χ4n) is 3.95. The summed E-state index contributed by atoms with van der Waals surface area (Å²) in [5, 5.41) is 2.27. The molecule has 1 atom stereocenters. The van der Waals surface area contributed by atoms with Gasteiger partial charge in [-0.3, -0.25) is 19.7 Å². The maximum atomic E-state index is 14.6. The number of nitrogens with one attached hydrogen (secondary N) is 1. The molecule has 6 nitrogen and oxygen atoms in total. The van der Waals surface area contributed by atoms with Crippen LogP contribution >= 0.6 is 0 Å². The van der Waals surface area contributed by atoms with E-state index in [-0.39, 0.29) is 30.6 Å². The van der Waals surface area contributed by atoms with Gasteiger partial charge in [-0.25, -0.2) is 4.39 Å². The lowest BCUT2D eigenvalue weighted by molar-refractivity contribution is -0.136. The summed E-state index contributed by atoms with van der Waals surface area (Å²) >= 11 is 0. The van der Waals surface area contributed by atoms with E-state index in [1.807, 2.05) is 4.90 Å². The van der Waals surface area contributed by atoms with Gasteiger partial charge < -0.3 is 9.80 Å². The van der Waals surface area contributed by atoms with E-state index < -0.39 is 11.9 Å². The largest absolute Gasteiger partial charge is 0.369 e. The van der Waals surface area contributed by atoms with Crippen LogP contribution in [0.3, 0.4) is 0 Å². The minimum absolute atomic E-state index is 0.212. The van der Waals surface area contributed by atoms with Gasteiger partial charge in [0.1, 0.15) is 11.9 Å². The van der Waals surface area contributed by atoms with Gasteiger partial charge in [0, 0.05) is 31.6 Å². The van der Waals surface area contributed by atoms with E-state index >= 15 is 0 Å². The Hall–Kier alpha value is -2.44. The first-order valence-corrected chi connectivity index (χ1v) is 8.76. The number of halogens is 1. The fourth-order valence-corrected chi connectivity index (χ4v) is 3.95. The summed E-state index contributed by atoms with van der Waals surface area (Å²) in [5.41, 5.74) is 1.61. The third-order valence-electron chi connectivity index (χ3n) is 5.29. The van der Waals surface area contributed by atoms with E-state index in [0.29, 0.717) is 17.7 Å². The Kier molecular flexibility index (Phi) is 3.94. The van der Waals surface area contributed by atoms with Gasteiger partial charge in [0.15, 0.2) is 0 Å². The molecule has 2 fully saturated rings. The molecular formula is C18H20FN3O3. The molecule has 0 aliphatic carbocycles. The van der Waals surface area contributed by atoms with Crippen molar-refractivity contribution in [2.24, 2.45) is 0 Å². The van der Waals surface area contributed by atoms with E-state index in [1.165, 1.54) is 11.0 Å². The van der Waals surface area contributed by atoms with Crippen molar-refractivity contribution < 1.29 is 18.8 Å². The van der Waals surface area contributed by atoms with Gasteiger partial charge in [0.25, 0.3) is 5.91 Å². The van der Waals surface area contributed by atoms with Crippen molar-refractivity contribution in [3.8, 4) is 0 Å². The molecule has 3 aliphatic heterocycles. The second-order valence-electron chi connectivity index (χ2n) is 6.91. The Balaban J connectivity index is 1.60. The highest BCUT2D eigenvalue weighted by atomic mass is 19.1. The van der Waals surface area contributed by atoms with Gasteiger partial charge in [0.2, 0.25) is 11.8 Å². The molecule has 1 aromatic rings. The van der Waals surface area contributed by atoms with Crippen LogP contribution in [0.2, 0.25) is 0 Å². The molecule has 3 aliphatic rings. The maximum absolute atomic E-state index is 14.6. The Labute approximate surface area is 145 Å². The molecule has 4 rings (SSSR count). The zero-order valence-electron chi connectivity index (χ0n) is 13.9. The van der Waals surface area contributed by atoms with Crippen LogP contribution in [0.1, 0.15) is 48.0 Å². The monoisotopic (exact) mass is 345 g/mol. The van der Waals surface area contributed by atoms with Crippen LogP contribution in [-0.4, -0.2) is 41.8 Å². The summed E-state index contributed by atoms with van der Waals surface area (Å²) in [6, 6.07) is 2.38. The van der Waals surface area contributed by atoms with Crippen molar-refractivity contribution in [3.63, 3.8) is 0 Å². The topological polar surface area (TPSA) is 69.7 Å². The molecule has 2 saturated heterocycles. The molecule has 0 aromatic heterocycles. The molecule has 1 N–H and O–H groups in total. The summed E-state index contributed by atoms with van der Waals surface area (Å²) in [4.78, 5) is 39.5. The molecule has 25 heavy (non-hydrogen) atoms. The number of fused-ring (bicyclic) bond motifs is 1. The molecule has 3 amide bonds. The van der Waals surface area contributed by atoms with Gasteiger partial charge >= 0.3 is 0 Å². The highest BCUT2D eigenvalue weighted by Gasteiger charge is 2.39. The van der Waals surface area contributed by atoms with Crippen LogP contribution in [0.4, 0.5) is 10.1 Å². The quantitative estimate of drug-likeness (QED) is 0.826. The minimum Gasteiger partial charge on any atom is -0.369 e. The highest BCUT2D eigenvalue weighted by molar-refractivity contribution is 6.05. The number of rotatable bonds is 2. The van der Waals surface area contributed by atoms with Crippen LogP contribution in [-0.2, 0) is 16.1 Å². The second kappa shape index (κ2) is 6.13. The first-order valence-electron chi connectivity index (χ1n) is 8.76. The Bertz CT molecular complexity index is 758. The lowest BCUT2D eigenvalue weighted by atomic mass is 10.0. The molecule has 0 spiro atoms. The zero-order chi connectivity index (χ0) is 17.6. The lowest BCUT2D eigenvalue weighted by Gasteiger charge is -2.29. The van der Waals surface area contributed by atoms with Gasteiger partial charge in [0.05, 0.1) is 5.69 Å². The summed E-state index contributed by atoms with van der Waals surface area (Å²) in [6.07, 6.45) is 3.76. The zero-order valence-corrected chi connectivity index (χ0v) is 13.9. The number of amides is 3. The van der Waals surface area contributed by atoms with Crippen molar-refractivity contribution in [1.29, 1.82) is 0 Å². The van der Waals surface area contributed by atoms with E-state index in [4.69, 9.17) is 0 Å². The van der Waals surface area contributed by atoms with Crippen molar-refractivity contribution in [2.45, 2.75) is 44.7 Å². The van der Waals surface area contributed by atoms with Crippen molar-refractivity contribution >= 4 is 23.4 Å². The smallest absolute Gasteiger partial charge is 0.255 e. The maximum Gasteiger partial charge on any atom is 0.255 e. The number of benzene rings is 1.